The predicted molar refractivity (Wildman–Crippen MR) is 89.4 cm³/mol. The summed E-state index contributed by atoms with van der Waals surface area (Å²) >= 11 is 0. The highest BCUT2D eigenvalue weighted by atomic mass is 19.4. The van der Waals surface area contributed by atoms with Crippen LogP contribution in [0.15, 0.2) is 30.5 Å². The number of hydrogen-bond acceptors (Lipinski definition) is 4. The average molecular weight is 361 g/mol. The molecule has 1 N–H and O–H groups in total. The summed E-state index contributed by atoms with van der Waals surface area (Å²) in [6.45, 7) is 3.99. The molecule has 0 atom stereocenters. The number of aromatic amines is 1. The summed E-state index contributed by atoms with van der Waals surface area (Å²) in [6.07, 6.45) is -2.89. The fraction of sp³-hybridized carbons (Fsp3) is 0.235. The van der Waals surface area contributed by atoms with Crippen molar-refractivity contribution in [2.24, 2.45) is 0 Å². The Morgan fingerprint density at radius 3 is 2.73 bits per heavy atom. The third kappa shape index (κ3) is 2.56. The summed E-state index contributed by atoms with van der Waals surface area (Å²) in [5, 5.41) is 7.73. The first-order valence-corrected chi connectivity index (χ1v) is 7.92. The first-order chi connectivity index (χ1) is 12.4. The van der Waals surface area contributed by atoms with Crippen molar-refractivity contribution in [3.8, 4) is 11.7 Å². The van der Waals surface area contributed by atoms with Crippen molar-refractivity contribution < 1.29 is 17.9 Å². The smallest absolute Gasteiger partial charge is 0.433 e. The Balaban J connectivity index is 2.02. The van der Waals surface area contributed by atoms with Gasteiger partial charge in [0.15, 0.2) is 5.65 Å². The Bertz CT molecular complexity index is 1110. The maximum Gasteiger partial charge on any atom is 0.433 e. The number of pyridine rings is 1. The molecule has 1 aromatic carbocycles. The molecule has 0 fully saturated rings. The van der Waals surface area contributed by atoms with E-state index in [0.29, 0.717) is 17.8 Å². The van der Waals surface area contributed by atoms with E-state index in [-0.39, 0.29) is 11.7 Å². The summed E-state index contributed by atoms with van der Waals surface area (Å²) in [7, 11) is 0. The van der Waals surface area contributed by atoms with Gasteiger partial charge in [-0.05, 0) is 43.7 Å². The number of fused-ring (bicyclic) bond motifs is 2. The van der Waals surface area contributed by atoms with Crippen LogP contribution in [0.1, 0.15) is 18.2 Å². The van der Waals surface area contributed by atoms with E-state index in [1.165, 1.54) is 10.6 Å². The minimum atomic E-state index is -4.54. The molecule has 0 aliphatic heterocycles. The van der Waals surface area contributed by atoms with Gasteiger partial charge in [-0.15, -0.1) is 0 Å². The van der Waals surface area contributed by atoms with E-state index >= 15 is 0 Å². The number of rotatable bonds is 3. The molecule has 0 saturated heterocycles. The van der Waals surface area contributed by atoms with Crippen LogP contribution in [0, 0.1) is 6.92 Å². The van der Waals surface area contributed by atoms with Crippen molar-refractivity contribution in [1.29, 1.82) is 0 Å². The van der Waals surface area contributed by atoms with Crippen LogP contribution in [0.5, 0.6) is 6.01 Å². The lowest BCUT2D eigenvalue weighted by atomic mass is 10.1. The molecule has 26 heavy (non-hydrogen) atoms. The van der Waals surface area contributed by atoms with Gasteiger partial charge < -0.3 is 4.74 Å². The van der Waals surface area contributed by atoms with Crippen molar-refractivity contribution >= 4 is 22.1 Å². The molecule has 0 amide bonds. The van der Waals surface area contributed by atoms with E-state index in [0.717, 1.165) is 22.5 Å². The third-order valence-corrected chi connectivity index (χ3v) is 4.03. The fourth-order valence-electron chi connectivity index (χ4n) is 2.90. The molecule has 3 heterocycles. The monoisotopic (exact) mass is 361 g/mol. The highest BCUT2D eigenvalue weighted by Gasteiger charge is 2.33. The summed E-state index contributed by atoms with van der Waals surface area (Å²) in [5.41, 5.74) is 1.80. The topological polar surface area (TPSA) is 68.6 Å². The molecule has 0 unspecified atom stereocenters. The minimum Gasteiger partial charge on any atom is -0.465 e. The van der Waals surface area contributed by atoms with Crippen LogP contribution in [0.25, 0.3) is 27.8 Å². The van der Waals surface area contributed by atoms with Crippen LogP contribution in [0.4, 0.5) is 13.2 Å². The van der Waals surface area contributed by atoms with Crippen LogP contribution in [-0.4, -0.2) is 31.3 Å². The first kappa shape index (κ1) is 16.4. The maximum absolute atomic E-state index is 13.1. The highest BCUT2D eigenvalue weighted by Crippen LogP contribution is 2.32. The minimum absolute atomic E-state index is 0.0884. The third-order valence-electron chi connectivity index (χ3n) is 4.03. The van der Waals surface area contributed by atoms with Crippen LogP contribution in [0.3, 0.4) is 0 Å². The molecule has 0 aliphatic rings. The molecule has 0 spiro atoms. The SMILES string of the molecule is CCOc1nc2ccc(C(F)(F)F)nc2n1-c1cc(C)c2[nH]ncc2c1. The summed E-state index contributed by atoms with van der Waals surface area (Å²) in [5.74, 6) is 0. The molecule has 4 aromatic rings. The van der Waals surface area contributed by atoms with Crippen molar-refractivity contribution in [3.05, 3.63) is 41.7 Å². The first-order valence-electron chi connectivity index (χ1n) is 7.92. The molecule has 0 bridgehead atoms. The summed E-state index contributed by atoms with van der Waals surface area (Å²) < 4.78 is 46.3. The van der Waals surface area contributed by atoms with Crippen molar-refractivity contribution in [2.75, 3.05) is 6.61 Å². The number of nitrogens with zero attached hydrogens (tertiary/aromatic N) is 4. The zero-order chi connectivity index (χ0) is 18.5. The van der Waals surface area contributed by atoms with E-state index < -0.39 is 11.9 Å². The Kier molecular flexibility index (Phi) is 3.60. The van der Waals surface area contributed by atoms with Gasteiger partial charge in [0.25, 0.3) is 0 Å². The lowest BCUT2D eigenvalue weighted by Gasteiger charge is -2.11. The lowest BCUT2D eigenvalue weighted by Crippen LogP contribution is -2.09. The molecule has 9 heteroatoms. The zero-order valence-electron chi connectivity index (χ0n) is 13.9. The number of hydrogen-bond donors (Lipinski definition) is 1. The van der Waals surface area contributed by atoms with Gasteiger partial charge in [-0.2, -0.15) is 23.3 Å². The summed E-state index contributed by atoms with van der Waals surface area (Å²) in [6, 6.07) is 6.04. The maximum atomic E-state index is 13.1. The van der Waals surface area contributed by atoms with E-state index in [2.05, 4.69) is 20.2 Å². The normalized spacial score (nSPS) is 12.2. The van der Waals surface area contributed by atoms with Gasteiger partial charge in [0.05, 0.1) is 24.0 Å². The quantitative estimate of drug-likeness (QED) is 0.598. The van der Waals surface area contributed by atoms with Crippen LogP contribution in [-0.2, 0) is 6.18 Å². The Morgan fingerprint density at radius 1 is 1.19 bits per heavy atom. The van der Waals surface area contributed by atoms with Gasteiger partial charge in [-0.1, -0.05) is 0 Å². The molecule has 3 aromatic heterocycles. The number of aromatic nitrogens is 5. The number of benzene rings is 1. The van der Waals surface area contributed by atoms with E-state index in [1.54, 1.807) is 19.2 Å². The fourth-order valence-corrected chi connectivity index (χ4v) is 2.90. The zero-order valence-corrected chi connectivity index (χ0v) is 13.9. The van der Waals surface area contributed by atoms with Gasteiger partial charge in [0.1, 0.15) is 11.2 Å². The van der Waals surface area contributed by atoms with Crippen LogP contribution in [0.2, 0.25) is 0 Å². The van der Waals surface area contributed by atoms with E-state index in [1.807, 2.05) is 13.0 Å². The largest absolute Gasteiger partial charge is 0.465 e. The van der Waals surface area contributed by atoms with Gasteiger partial charge in [-0.25, -0.2) is 9.55 Å². The molecule has 0 aliphatic carbocycles. The number of nitrogens with one attached hydrogen (secondary N) is 1. The number of aryl methyl sites for hydroxylation is 1. The Hall–Kier alpha value is -3.10. The number of imidazole rings is 1. The molecule has 4 rings (SSSR count). The van der Waals surface area contributed by atoms with Crippen molar-refractivity contribution in [2.45, 2.75) is 20.0 Å². The van der Waals surface area contributed by atoms with E-state index in [9.17, 15) is 13.2 Å². The van der Waals surface area contributed by atoms with Crippen LogP contribution < -0.4 is 4.74 Å². The lowest BCUT2D eigenvalue weighted by molar-refractivity contribution is -0.141. The number of halogens is 3. The van der Waals surface area contributed by atoms with Gasteiger partial charge >= 0.3 is 12.2 Å². The molecular formula is C17H14F3N5O. The average Bonchev–Trinajstić information content (AvgIpc) is 3.17. The molecule has 0 radical (unpaired) electrons. The van der Waals surface area contributed by atoms with Gasteiger partial charge in [0.2, 0.25) is 0 Å². The standard InChI is InChI=1S/C17H14F3N5O/c1-3-26-16-22-12-4-5-13(17(18,19)20)23-15(12)25(16)11-6-9(2)14-10(7-11)8-21-24-14/h4-8H,3H2,1-2H3,(H,21,24). The number of alkyl halides is 3. The molecule has 0 saturated carbocycles. The summed E-state index contributed by atoms with van der Waals surface area (Å²) in [4.78, 5) is 8.08. The number of H-pyrrole nitrogens is 1. The molecule has 6 nitrogen and oxygen atoms in total. The van der Waals surface area contributed by atoms with Crippen molar-refractivity contribution in [1.82, 2.24) is 24.7 Å². The van der Waals surface area contributed by atoms with Crippen molar-refractivity contribution in [3.63, 3.8) is 0 Å². The number of ether oxygens (including phenoxy) is 1. The van der Waals surface area contributed by atoms with Gasteiger partial charge in [0, 0.05) is 5.39 Å². The predicted octanol–water partition coefficient (Wildman–Crippen LogP) is 4.02. The second-order valence-electron chi connectivity index (χ2n) is 5.80. The van der Waals surface area contributed by atoms with Crippen LogP contribution >= 0.6 is 0 Å². The Labute approximate surface area is 145 Å². The highest BCUT2D eigenvalue weighted by molar-refractivity contribution is 5.85. The second-order valence-corrected chi connectivity index (χ2v) is 5.80. The van der Waals surface area contributed by atoms with E-state index in [4.69, 9.17) is 4.74 Å². The Morgan fingerprint density at radius 2 is 2.00 bits per heavy atom. The van der Waals surface area contributed by atoms with Gasteiger partial charge in [-0.3, -0.25) is 5.10 Å². The second kappa shape index (κ2) is 5.72. The molecule has 134 valence electrons. The molecular weight excluding hydrogens is 347 g/mol.